The Morgan fingerprint density at radius 2 is 1.91 bits per heavy atom. The standard InChI is InChI=1S/C21H22F2N4O5S/c1-6-31-21(30)15-11(5)14(20(29)32-9(2)3)19(33-15)26-18(28)12-8-24-27-13(16(22)23)7-10(4)25-17(12)27/h7-9,16H,6H2,1-5H3,(H,26,28). The van der Waals surface area contributed by atoms with E-state index in [1.165, 1.54) is 13.0 Å². The third kappa shape index (κ3) is 4.85. The number of carbonyl (C=O) groups is 3. The largest absolute Gasteiger partial charge is 0.462 e. The number of esters is 2. The van der Waals surface area contributed by atoms with Gasteiger partial charge in [0.25, 0.3) is 12.3 Å². The number of fused-ring (bicyclic) bond motifs is 1. The highest BCUT2D eigenvalue weighted by Gasteiger charge is 2.29. The number of thiophene rings is 1. The minimum absolute atomic E-state index is 0.0130. The number of alkyl halides is 2. The number of nitrogens with one attached hydrogen (secondary N) is 1. The van der Waals surface area contributed by atoms with Crippen LogP contribution in [0.15, 0.2) is 12.3 Å². The zero-order valence-electron chi connectivity index (χ0n) is 18.6. The fourth-order valence-corrected chi connectivity index (χ4v) is 4.19. The normalized spacial score (nSPS) is 11.3. The predicted molar refractivity (Wildman–Crippen MR) is 116 cm³/mol. The van der Waals surface area contributed by atoms with Crippen molar-refractivity contribution in [3.63, 3.8) is 0 Å². The monoisotopic (exact) mass is 480 g/mol. The van der Waals surface area contributed by atoms with E-state index in [1.54, 1.807) is 27.7 Å². The summed E-state index contributed by atoms with van der Waals surface area (Å²) in [5.74, 6) is -2.11. The van der Waals surface area contributed by atoms with Gasteiger partial charge in [-0.25, -0.2) is 27.9 Å². The summed E-state index contributed by atoms with van der Waals surface area (Å²) in [6.45, 7) is 8.17. The van der Waals surface area contributed by atoms with Crippen molar-refractivity contribution in [1.29, 1.82) is 0 Å². The Morgan fingerprint density at radius 3 is 2.52 bits per heavy atom. The van der Waals surface area contributed by atoms with Crippen LogP contribution in [0.2, 0.25) is 0 Å². The van der Waals surface area contributed by atoms with Crippen LogP contribution in [0.3, 0.4) is 0 Å². The predicted octanol–water partition coefficient (Wildman–Crippen LogP) is 4.34. The summed E-state index contributed by atoms with van der Waals surface area (Å²) in [6, 6.07) is 1.18. The SMILES string of the molecule is CCOC(=O)c1sc(NC(=O)c2cnn3c(C(F)F)cc(C)nc23)c(C(=O)OC(C)C)c1C. The third-order valence-corrected chi connectivity index (χ3v) is 5.66. The van der Waals surface area contributed by atoms with Crippen molar-refractivity contribution in [2.75, 3.05) is 11.9 Å². The number of hydrogen-bond acceptors (Lipinski definition) is 8. The Kier molecular flexibility index (Phi) is 7.06. The molecular weight excluding hydrogens is 458 g/mol. The van der Waals surface area contributed by atoms with Crippen LogP contribution in [0.25, 0.3) is 5.65 Å². The number of halogens is 2. The first-order chi connectivity index (χ1) is 15.5. The van der Waals surface area contributed by atoms with Gasteiger partial charge >= 0.3 is 11.9 Å². The van der Waals surface area contributed by atoms with Crippen LogP contribution in [0.1, 0.15) is 74.5 Å². The summed E-state index contributed by atoms with van der Waals surface area (Å²) < 4.78 is 38.0. The molecule has 33 heavy (non-hydrogen) atoms. The van der Waals surface area contributed by atoms with Gasteiger partial charge in [0, 0.05) is 5.69 Å². The summed E-state index contributed by atoms with van der Waals surface area (Å²) in [5, 5.41) is 6.50. The number of carbonyl (C=O) groups excluding carboxylic acids is 3. The van der Waals surface area contributed by atoms with Crippen molar-refractivity contribution < 1.29 is 32.6 Å². The van der Waals surface area contributed by atoms with Crippen LogP contribution in [0.4, 0.5) is 13.8 Å². The molecule has 1 amide bonds. The molecule has 3 aromatic rings. The van der Waals surface area contributed by atoms with Gasteiger partial charge in [-0.15, -0.1) is 11.3 Å². The molecule has 0 saturated carbocycles. The molecule has 0 aromatic carbocycles. The Morgan fingerprint density at radius 1 is 1.21 bits per heavy atom. The number of ether oxygens (including phenoxy) is 2. The topological polar surface area (TPSA) is 112 Å². The maximum atomic E-state index is 13.4. The van der Waals surface area contributed by atoms with Gasteiger partial charge in [0.2, 0.25) is 0 Å². The van der Waals surface area contributed by atoms with Gasteiger partial charge in [-0.1, -0.05) is 0 Å². The lowest BCUT2D eigenvalue weighted by Gasteiger charge is -2.10. The molecule has 9 nitrogen and oxygen atoms in total. The van der Waals surface area contributed by atoms with Crippen molar-refractivity contribution >= 4 is 39.8 Å². The molecule has 0 aliphatic rings. The molecule has 0 fully saturated rings. The second-order valence-electron chi connectivity index (χ2n) is 7.31. The van der Waals surface area contributed by atoms with E-state index in [2.05, 4.69) is 15.4 Å². The zero-order chi connectivity index (χ0) is 24.4. The van der Waals surface area contributed by atoms with E-state index < -0.39 is 36.1 Å². The molecule has 0 saturated heterocycles. The van der Waals surface area contributed by atoms with Gasteiger partial charge in [0.15, 0.2) is 5.65 Å². The Labute approximate surface area is 191 Å². The van der Waals surface area contributed by atoms with Crippen LogP contribution in [-0.4, -0.2) is 45.2 Å². The van der Waals surface area contributed by atoms with E-state index >= 15 is 0 Å². The zero-order valence-corrected chi connectivity index (χ0v) is 19.4. The first-order valence-corrected chi connectivity index (χ1v) is 10.8. The minimum atomic E-state index is -2.82. The molecule has 12 heteroatoms. The smallest absolute Gasteiger partial charge is 0.348 e. The van der Waals surface area contributed by atoms with Crippen molar-refractivity contribution in [2.45, 2.75) is 47.1 Å². The number of amides is 1. The Balaban J connectivity index is 2.05. The number of hydrogen-bond donors (Lipinski definition) is 1. The second kappa shape index (κ2) is 9.61. The minimum Gasteiger partial charge on any atom is -0.462 e. The highest BCUT2D eigenvalue weighted by molar-refractivity contribution is 7.18. The molecule has 176 valence electrons. The molecular formula is C21H22F2N4O5S. The van der Waals surface area contributed by atoms with E-state index in [1.807, 2.05) is 0 Å². The van der Waals surface area contributed by atoms with E-state index in [-0.39, 0.29) is 39.0 Å². The first-order valence-electron chi connectivity index (χ1n) is 10.0. The second-order valence-corrected chi connectivity index (χ2v) is 8.33. The quantitative estimate of drug-likeness (QED) is 0.501. The van der Waals surface area contributed by atoms with E-state index in [0.29, 0.717) is 5.56 Å². The van der Waals surface area contributed by atoms with Crippen molar-refractivity contribution in [3.8, 4) is 0 Å². The van der Waals surface area contributed by atoms with E-state index in [9.17, 15) is 23.2 Å². The fraction of sp³-hybridized carbons (Fsp3) is 0.381. The van der Waals surface area contributed by atoms with Crippen molar-refractivity contribution in [1.82, 2.24) is 14.6 Å². The number of aromatic nitrogens is 3. The Hall–Kier alpha value is -3.41. The molecule has 1 N–H and O–H groups in total. The summed E-state index contributed by atoms with van der Waals surface area (Å²) in [6.07, 6.45) is -2.15. The Bertz CT molecular complexity index is 1240. The average Bonchev–Trinajstić information content (AvgIpc) is 3.27. The molecule has 0 spiro atoms. The summed E-state index contributed by atoms with van der Waals surface area (Å²) in [5.41, 5.74) is 0.0483. The highest BCUT2D eigenvalue weighted by atomic mass is 32.1. The maximum absolute atomic E-state index is 13.4. The van der Waals surface area contributed by atoms with Gasteiger partial charge in [-0.2, -0.15) is 5.10 Å². The fourth-order valence-electron chi connectivity index (χ4n) is 3.11. The number of nitrogens with zero attached hydrogens (tertiary/aromatic N) is 3. The van der Waals surface area contributed by atoms with E-state index in [4.69, 9.17) is 9.47 Å². The van der Waals surface area contributed by atoms with Gasteiger partial charge in [-0.05, 0) is 46.2 Å². The molecule has 0 aliphatic carbocycles. The third-order valence-electron chi connectivity index (χ3n) is 4.48. The molecule has 3 heterocycles. The van der Waals surface area contributed by atoms with Crippen LogP contribution < -0.4 is 5.32 Å². The number of aryl methyl sites for hydroxylation is 1. The average molecular weight is 480 g/mol. The summed E-state index contributed by atoms with van der Waals surface area (Å²) in [7, 11) is 0. The number of anilines is 1. The first kappa shape index (κ1) is 24.2. The lowest BCUT2D eigenvalue weighted by molar-refractivity contribution is 0.0379. The lowest BCUT2D eigenvalue weighted by Crippen LogP contribution is -2.17. The van der Waals surface area contributed by atoms with Crippen molar-refractivity contribution in [3.05, 3.63) is 45.2 Å². The summed E-state index contributed by atoms with van der Waals surface area (Å²) >= 11 is 0.857. The van der Waals surface area contributed by atoms with E-state index in [0.717, 1.165) is 22.0 Å². The molecule has 0 atom stereocenters. The van der Waals surface area contributed by atoms with Gasteiger partial charge in [0.05, 0.1) is 24.5 Å². The molecule has 3 rings (SSSR count). The molecule has 0 radical (unpaired) electrons. The lowest BCUT2D eigenvalue weighted by atomic mass is 10.1. The molecule has 0 aliphatic heterocycles. The van der Waals surface area contributed by atoms with Crippen LogP contribution >= 0.6 is 11.3 Å². The molecule has 0 bridgehead atoms. The van der Waals surface area contributed by atoms with Crippen LogP contribution in [0, 0.1) is 13.8 Å². The van der Waals surface area contributed by atoms with Crippen molar-refractivity contribution in [2.24, 2.45) is 0 Å². The molecule has 0 unspecified atom stereocenters. The highest BCUT2D eigenvalue weighted by Crippen LogP contribution is 2.35. The van der Waals surface area contributed by atoms with Crippen LogP contribution in [0.5, 0.6) is 0 Å². The van der Waals surface area contributed by atoms with Gasteiger partial charge in [0.1, 0.15) is 21.1 Å². The summed E-state index contributed by atoms with van der Waals surface area (Å²) in [4.78, 5) is 42.4. The van der Waals surface area contributed by atoms with Gasteiger partial charge in [-0.3, -0.25) is 4.79 Å². The van der Waals surface area contributed by atoms with Gasteiger partial charge < -0.3 is 14.8 Å². The number of rotatable bonds is 7. The van der Waals surface area contributed by atoms with Crippen LogP contribution in [-0.2, 0) is 9.47 Å². The maximum Gasteiger partial charge on any atom is 0.348 e. The molecule has 3 aromatic heterocycles.